The number of hydrogen-bond donors (Lipinski definition) is 1. The minimum absolute atomic E-state index is 0.0123. The lowest BCUT2D eigenvalue weighted by Crippen LogP contribution is -2.43. The van der Waals surface area contributed by atoms with E-state index in [9.17, 15) is 19.5 Å². The molecule has 9 nitrogen and oxygen atoms in total. The van der Waals surface area contributed by atoms with Crippen LogP contribution in [0.25, 0.3) is 0 Å². The number of esters is 1. The van der Waals surface area contributed by atoms with Gasteiger partial charge in [-0.25, -0.2) is 0 Å². The van der Waals surface area contributed by atoms with Gasteiger partial charge in [0.2, 0.25) is 11.8 Å². The Morgan fingerprint density at radius 2 is 1.88 bits per heavy atom. The molecule has 2 aromatic rings. The third-order valence-corrected chi connectivity index (χ3v) is 8.03. The number of likely N-dealkylation sites (tertiary alicyclic amines) is 1. The monoisotopic (exact) mass is 608 g/mol. The molecule has 226 valence electrons. The average Bonchev–Trinajstić information content (AvgIpc) is 3.42. The van der Waals surface area contributed by atoms with E-state index in [2.05, 4.69) is 0 Å². The van der Waals surface area contributed by atoms with E-state index in [1.807, 2.05) is 26.2 Å². The molecule has 0 aliphatic carbocycles. The Labute approximate surface area is 251 Å². The highest BCUT2D eigenvalue weighted by Crippen LogP contribution is 2.45. The van der Waals surface area contributed by atoms with E-state index in [4.69, 9.17) is 25.8 Å². The zero-order valence-electron chi connectivity index (χ0n) is 24.7. The number of aliphatic hydroxyl groups excluding tert-OH is 1. The molecule has 0 radical (unpaired) electrons. The quantitative estimate of drug-likeness (QED) is 0.338. The summed E-state index contributed by atoms with van der Waals surface area (Å²) in [5.41, 5.74) is 0.465. The minimum Gasteiger partial charge on any atom is -0.495 e. The molecule has 1 aromatic carbocycles. The number of ether oxygens (including phenoxy) is 3. The highest BCUT2D eigenvalue weighted by Gasteiger charge is 2.33. The predicted molar refractivity (Wildman–Crippen MR) is 160 cm³/mol. The maximum absolute atomic E-state index is 13.9. The van der Waals surface area contributed by atoms with Crippen LogP contribution in [0.2, 0.25) is 5.02 Å². The molecule has 41 heavy (non-hydrogen) atoms. The van der Waals surface area contributed by atoms with Crippen LogP contribution in [0.4, 0.5) is 5.69 Å². The molecular formula is C30H41ClN2O7S. The topological polar surface area (TPSA) is 106 Å². The van der Waals surface area contributed by atoms with E-state index in [0.717, 1.165) is 0 Å². The molecule has 1 aromatic heterocycles. The largest absolute Gasteiger partial charge is 0.495 e. The van der Waals surface area contributed by atoms with Crippen molar-refractivity contribution in [3.8, 4) is 11.5 Å². The number of carbonyl (C=O) groups is 3. The number of hydrogen-bond acceptors (Lipinski definition) is 8. The highest BCUT2D eigenvalue weighted by molar-refractivity contribution is 7.10. The maximum atomic E-state index is 13.9. The second kappa shape index (κ2) is 14.4. The Hall–Kier alpha value is -2.82. The second-order valence-corrected chi connectivity index (χ2v) is 12.7. The normalized spacial score (nSPS) is 16.2. The van der Waals surface area contributed by atoms with E-state index in [0.29, 0.717) is 71.7 Å². The number of carbonyl (C=O) groups excluding carboxylic acids is 3. The minimum atomic E-state index is -1.14. The van der Waals surface area contributed by atoms with Gasteiger partial charge in [0.15, 0.2) is 0 Å². The Bertz CT molecular complexity index is 1230. The number of rotatable bonds is 11. The number of methoxy groups -OCH3 is 2. The summed E-state index contributed by atoms with van der Waals surface area (Å²) in [6.07, 6.45) is 0.171. The van der Waals surface area contributed by atoms with Gasteiger partial charge in [0.25, 0.3) is 0 Å². The summed E-state index contributed by atoms with van der Waals surface area (Å²) in [5, 5.41) is 13.7. The lowest BCUT2D eigenvalue weighted by atomic mass is 9.94. The molecule has 2 atom stereocenters. The van der Waals surface area contributed by atoms with Gasteiger partial charge >= 0.3 is 5.97 Å². The summed E-state index contributed by atoms with van der Waals surface area (Å²) in [6, 6.07) is 5.00. The molecule has 1 fully saturated rings. The molecule has 1 unspecified atom stereocenters. The van der Waals surface area contributed by atoms with Crippen molar-refractivity contribution in [1.29, 1.82) is 0 Å². The van der Waals surface area contributed by atoms with Gasteiger partial charge in [-0.05, 0) is 42.7 Å². The van der Waals surface area contributed by atoms with Crippen LogP contribution in [0.1, 0.15) is 69.9 Å². The predicted octanol–water partition coefficient (Wildman–Crippen LogP) is 5.46. The van der Waals surface area contributed by atoms with E-state index < -0.39 is 6.10 Å². The third kappa shape index (κ3) is 8.36. The summed E-state index contributed by atoms with van der Waals surface area (Å²) in [5.74, 6) is -0.263. The van der Waals surface area contributed by atoms with Crippen LogP contribution in [0.5, 0.6) is 11.5 Å². The maximum Gasteiger partial charge on any atom is 0.310 e. The van der Waals surface area contributed by atoms with Crippen molar-refractivity contribution in [2.75, 3.05) is 45.4 Å². The van der Waals surface area contributed by atoms with Crippen LogP contribution < -0.4 is 14.4 Å². The highest BCUT2D eigenvalue weighted by atomic mass is 35.5. The first-order valence-electron chi connectivity index (χ1n) is 13.8. The number of anilines is 1. The van der Waals surface area contributed by atoms with Crippen molar-refractivity contribution in [2.45, 2.75) is 59.5 Å². The number of aliphatic hydroxyl groups is 1. The number of piperidine rings is 1. The summed E-state index contributed by atoms with van der Waals surface area (Å²) in [6.45, 7) is 9.20. The number of amides is 2. The Kier molecular flexibility index (Phi) is 11.5. The summed E-state index contributed by atoms with van der Waals surface area (Å²) >= 11 is 7.76. The molecule has 2 heterocycles. The van der Waals surface area contributed by atoms with Crippen molar-refractivity contribution < 1.29 is 33.7 Å². The van der Waals surface area contributed by atoms with Gasteiger partial charge in [-0.1, -0.05) is 32.4 Å². The summed E-state index contributed by atoms with van der Waals surface area (Å²) < 4.78 is 16.3. The van der Waals surface area contributed by atoms with E-state index >= 15 is 0 Å². The van der Waals surface area contributed by atoms with Crippen molar-refractivity contribution in [3.63, 3.8) is 0 Å². The average molecular weight is 609 g/mol. The Balaban J connectivity index is 1.91. The van der Waals surface area contributed by atoms with Gasteiger partial charge in [-0.3, -0.25) is 14.4 Å². The smallest absolute Gasteiger partial charge is 0.310 e. The first-order valence-corrected chi connectivity index (χ1v) is 15.1. The van der Waals surface area contributed by atoms with Gasteiger partial charge < -0.3 is 29.1 Å². The van der Waals surface area contributed by atoms with Crippen molar-refractivity contribution in [2.24, 2.45) is 11.3 Å². The molecule has 2 amide bonds. The lowest BCUT2D eigenvalue weighted by molar-refractivity contribution is -0.151. The Morgan fingerprint density at radius 1 is 1.17 bits per heavy atom. The molecule has 3 rings (SSSR count). The summed E-state index contributed by atoms with van der Waals surface area (Å²) in [7, 11) is 3.01. The SMILES string of the molecule is CCOC(=O)[C@H]1CCCN(C(=O)CCC(=O)N(CC(C)(C)C)c2c(OC)cc(Cl)cc2C(O)c2sccc2OC)C1. The standard InChI is InChI=1S/C30H41ClN2O7S/c1-7-40-29(37)19-9-8-13-32(17-19)24(34)10-11-25(35)33(18-30(2,3)4)26-21(15-20(31)16-23(26)39-6)27(36)28-22(38-5)12-14-41-28/h12,14-16,19,27,36H,7-11,13,17-18H2,1-6H3/t19-,27?/m0/s1. The summed E-state index contributed by atoms with van der Waals surface area (Å²) in [4.78, 5) is 43.1. The van der Waals surface area contributed by atoms with Crippen molar-refractivity contribution in [1.82, 2.24) is 4.90 Å². The molecule has 0 bridgehead atoms. The van der Waals surface area contributed by atoms with Gasteiger partial charge in [0.1, 0.15) is 17.6 Å². The van der Waals surface area contributed by atoms with Crippen LogP contribution in [-0.2, 0) is 19.1 Å². The molecule has 1 N–H and O–H groups in total. The molecule has 1 aliphatic rings. The third-order valence-electron chi connectivity index (χ3n) is 6.86. The second-order valence-electron chi connectivity index (χ2n) is 11.3. The van der Waals surface area contributed by atoms with Gasteiger partial charge in [-0.2, -0.15) is 0 Å². The van der Waals surface area contributed by atoms with E-state index in [1.165, 1.54) is 25.6 Å². The zero-order chi connectivity index (χ0) is 30.3. The van der Waals surface area contributed by atoms with Crippen LogP contribution in [0, 0.1) is 11.3 Å². The van der Waals surface area contributed by atoms with Crippen LogP contribution in [0.3, 0.4) is 0 Å². The molecule has 1 saturated heterocycles. The van der Waals surface area contributed by atoms with Gasteiger partial charge in [0, 0.05) is 49.1 Å². The first kappa shape index (κ1) is 32.7. The zero-order valence-corrected chi connectivity index (χ0v) is 26.3. The fraction of sp³-hybridized carbons (Fsp3) is 0.567. The van der Waals surface area contributed by atoms with E-state index in [-0.39, 0.29) is 42.0 Å². The number of nitrogens with zero attached hydrogens (tertiary/aromatic N) is 2. The van der Waals surface area contributed by atoms with Crippen molar-refractivity contribution >= 4 is 46.4 Å². The van der Waals surface area contributed by atoms with Crippen LogP contribution >= 0.6 is 22.9 Å². The van der Waals surface area contributed by atoms with Crippen LogP contribution in [-0.4, -0.2) is 68.3 Å². The van der Waals surface area contributed by atoms with Crippen molar-refractivity contribution in [3.05, 3.63) is 39.0 Å². The number of halogens is 1. The van der Waals surface area contributed by atoms with Gasteiger partial charge in [-0.15, -0.1) is 11.3 Å². The molecule has 1 aliphatic heterocycles. The van der Waals surface area contributed by atoms with Gasteiger partial charge in [0.05, 0.1) is 37.3 Å². The number of benzene rings is 1. The fourth-order valence-electron chi connectivity index (χ4n) is 5.00. The number of thiophene rings is 1. The molecular weight excluding hydrogens is 568 g/mol. The first-order chi connectivity index (χ1) is 19.4. The fourth-order valence-corrected chi connectivity index (χ4v) is 6.07. The Morgan fingerprint density at radius 3 is 2.51 bits per heavy atom. The van der Waals surface area contributed by atoms with E-state index in [1.54, 1.807) is 34.9 Å². The van der Waals surface area contributed by atoms with Crippen LogP contribution in [0.15, 0.2) is 23.6 Å². The molecule has 0 saturated carbocycles. The molecule has 0 spiro atoms. The lowest BCUT2D eigenvalue weighted by Gasteiger charge is -2.34. The molecule has 11 heteroatoms.